The Bertz CT molecular complexity index is 1030. The SMILES string of the molecule is Nc1nc(COC(=O)c2ccc([N+](=O)[O-])cc2N)nc(Nc2ccccc2)n1. The van der Waals surface area contributed by atoms with Gasteiger partial charge in [0, 0.05) is 17.8 Å². The number of esters is 1. The van der Waals surface area contributed by atoms with Crippen molar-refractivity contribution in [3.8, 4) is 0 Å². The van der Waals surface area contributed by atoms with Gasteiger partial charge >= 0.3 is 5.97 Å². The van der Waals surface area contributed by atoms with E-state index in [9.17, 15) is 14.9 Å². The number of carbonyl (C=O) groups excluding carboxylic acids is 1. The molecule has 0 radical (unpaired) electrons. The van der Waals surface area contributed by atoms with Gasteiger partial charge in [-0.3, -0.25) is 10.1 Å². The molecular formula is C17H15N7O4. The maximum atomic E-state index is 12.2. The van der Waals surface area contributed by atoms with Crippen LogP contribution in [0.25, 0.3) is 0 Å². The van der Waals surface area contributed by atoms with E-state index in [1.54, 1.807) is 0 Å². The topological polar surface area (TPSA) is 172 Å². The molecule has 11 nitrogen and oxygen atoms in total. The number of ether oxygens (including phenoxy) is 1. The van der Waals surface area contributed by atoms with Gasteiger partial charge in [-0.15, -0.1) is 0 Å². The molecule has 3 aromatic rings. The number of nitro groups is 1. The van der Waals surface area contributed by atoms with Crippen LogP contribution in [0.3, 0.4) is 0 Å². The number of benzene rings is 2. The molecular weight excluding hydrogens is 366 g/mol. The molecule has 28 heavy (non-hydrogen) atoms. The zero-order chi connectivity index (χ0) is 20.1. The summed E-state index contributed by atoms with van der Waals surface area (Å²) in [6.45, 7) is -0.286. The highest BCUT2D eigenvalue weighted by atomic mass is 16.6. The second-order valence-electron chi connectivity index (χ2n) is 5.53. The number of nitrogens with two attached hydrogens (primary N) is 2. The van der Waals surface area contributed by atoms with Gasteiger partial charge in [0.05, 0.1) is 16.2 Å². The standard InChI is InChI=1S/C17H15N7O4/c18-13-8-11(24(26)27)6-7-12(13)15(25)28-9-14-21-16(19)23-17(22-14)20-10-4-2-1-3-5-10/h1-8H,9,18H2,(H3,19,20,21,22,23). The van der Waals surface area contributed by atoms with Gasteiger partial charge in [-0.1, -0.05) is 18.2 Å². The number of hydrogen-bond acceptors (Lipinski definition) is 10. The van der Waals surface area contributed by atoms with E-state index in [4.69, 9.17) is 16.2 Å². The average molecular weight is 381 g/mol. The minimum absolute atomic E-state index is 0.00439. The molecule has 3 rings (SSSR count). The number of para-hydroxylation sites is 1. The fourth-order valence-electron chi connectivity index (χ4n) is 2.27. The monoisotopic (exact) mass is 381 g/mol. The third-order valence-electron chi connectivity index (χ3n) is 3.53. The van der Waals surface area contributed by atoms with Crippen molar-refractivity contribution >= 4 is 34.9 Å². The number of non-ortho nitro benzene ring substituents is 1. The first-order valence-electron chi connectivity index (χ1n) is 7.96. The summed E-state index contributed by atoms with van der Waals surface area (Å²) in [5, 5.41) is 13.7. The number of carbonyl (C=O) groups is 1. The number of aromatic nitrogens is 3. The Kier molecular flexibility index (Phi) is 5.25. The Balaban J connectivity index is 1.70. The Morgan fingerprint density at radius 2 is 1.86 bits per heavy atom. The molecule has 1 heterocycles. The summed E-state index contributed by atoms with van der Waals surface area (Å²) in [6, 6.07) is 12.6. The maximum Gasteiger partial charge on any atom is 0.340 e. The van der Waals surface area contributed by atoms with Gasteiger partial charge in [0.2, 0.25) is 11.9 Å². The van der Waals surface area contributed by atoms with Crippen LogP contribution in [0.2, 0.25) is 0 Å². The van der Waals surface area contributed by atoms with Gasteiger partial charge in [0.25, 0.3) is 5.69 Å². The van der Waals surface area contributed by atoms with E-state index in [2.05, 4.69) is 20.3 Å². The summed E-state index contributed by atoms with van der Waals surface area (Å²) in [6.07, 6.45) is 0. The number of hydrogen-bond donors (Lipinski definition) is 3. The zero-order valence-electron chi connectivity index (χ0n) is 14.4. The highest BCUT2D eigenvalue weighted by Crippen LogP contribution is 2.21. The van der Waals surface area contributed by atoms with E-state index in [0.717, 1.165) is 17.8 Å². The fourth-order valence-corrected chi connectivity index (χ4v) is 2.27. The molecule has 2 aromatic carbocycles. The maximum absolute atomic E-state index is 12.2. The first-order valence-corrected chi connectivity index (χ1v) is 7.96. The number of nitrogens with one attached hydrogen (secondary N) is 1. The van der Waals surface area contributed by atoms with Crippen LogP contribution in [-0.4, -0.2) is 25.8 Å². The summed E-state index contributed by atoms with van der Waals surface area (Å²) >= 11 is 0. The van der Waals surface area contributed by atoms with Gasteiger partial charge < -0.3 is 21.5 Å². The van der Waals surface area contributed by atoms with Crippen LogP contribution >= 0.6 is 0 Å². The Labute approximate surface area is 158 Å². The summed E-state index contributed by atoms with van der Waals surface area (Å²) in [4.78, 5) is 34.3. The highest BCUT2D eigenvalue weighted by molar-refractivity contribution is 5.95. The van der Waals surface area contributed by atoms with Crippen molar-refractivity contribution in [2.45, 2.75) is 6.61 Å². The first kappa shape index (κ1) is 18.5. The zero-order valence-corrected chi connectivity index (χ0v) is 14.4. The van der Waals surface area contributed by atoms with Crippen LogP contribution in [0, 0.1) is 10.1 Å². The summed E-state index contributed by atoms with van der Waals surface area (Å²) < 4.78 is 5.13. The van der Waals surface area contributed by atoms with Crippen molar-refractivity contribution in [3.63, 3.8) is 0 Å². The molecule has 0 amide bonds. The lowest BCUT2D eigenvalue weighted by Gasteiger charge is -2.09. The summed E-state index contributed by atoms with van der Waals surface area (Å²) in [7, 11) is 0. The lowest BCUT2D eigenvalue weighted by molar-refractivity contribution is -0.384. The first-order chi connectivity index (χ1) is 13.4. The Morgan fingerprint density at radius 3 is 2.54 bits per heavy atom. The second-order valence-corrected chi connectivity index (χ2v) is 5.53. The van der Waals surface area contributed by atoms with Crippen LogP contribution in [0.1, 0.15) is 16.2 Å². The van der Waals surface area contributed by atoms with Crippen molar-refractivity contribution in [1.82, 2.24) is 15.0 Å². The fraction of sp³-hybridized carbons (Fsp3) is 0.0588. The number of nitro benzene ring substituents is 1. The lowest BCUT2D eigenvalue weighted by atomic mass is 10.1. The minimum Gasteiger partial charge on any atom is -0.454 e. The molecule has 0 saturated heterocycles. The van der Waals surface area contributed by atoms with E-state index >= 15 is 0 Å². The number of anilines is 4. The van der Waals surface area contributed by atoms with E-state index in [1.807, 2.05) is 30.3 Å². The molecule has 0 atom stereocenters. The molecule has 11 heteroatoms. The predicted molar refractivity (Wildman–Crippen MR) is 101 cm³/mol. The second kappa shape index (κ2) is 7.95. The smallest absolute Gasteiger partial charge is 0.340 e. The molecule has 0 aliphatic carbocycles. The molecule has 5 N–H and O–H groups in total. The summed E-state index contributed by atoms with van der Waals surface area (Å²) in [5.41, 5.74) is 11.8. The van der Waals surface area contributed by atoms with E-state index in [1.165, 1.54) is 6.07 Å². The van der Waals surface area contributed by atoms with Gasteiger partial charge in [0.1, 0.15) is 0 Å². The van der Waals surface area contributed by atoms with Crippen LogP contribution in [0.4, 0.5) is 29.0 Å². The minimum atomic E-state index is -0.774. The lowest BCUT2D eigenvalue weighted by Crippen LogP contribution is -2.12. The molecule has 0 saturated carbocycles. The summed E-state index contributed by atoms with van der Waals surface area (Å²) in [5.74, 6) is -0.502. The van der Waals surface area contributed by atoms with E-state index in [0.29, 0.717) is 0 Å². The molecule has 0 bridgehead atoms. The van der Waals surface area contributed by atoms with Crippen molar-refractivity contribution < 1.29 is 14.5 Å². The molecule has 0 unspecified atom stereocenters. The van der Waals surface area contributed by atoms with Crippen molar-refractivity contribution in [2.24, 2.45) is 0 Å². The molecule has 142 valence electrons. The van der Waals surface area contributed by atoms with Crippen LogP contribution in [0.5, 0.6) is 0 Å². The Morgan fingerprint density at radius 1 is 1.11 bits per heavy atom. The predicted octanol–water partition coefficient (Wildman–Crippen LogP) is 2.04. The van der Waals surface area contributed by atoms with Crippen LogP contribution in [-0.2, 0) is 11.3 Å². The van der Waals surface area contributed by atoms with Gasteiger partial charge in [-0.05, 0) is 18.2 Å². The molecule has 0 spiro atoms. The normalized spacial score (nSPS) is 10.3. The molecule has 1 aromatic heterocycles. The van der Waals surface area contributed by atoms with Gasteiger partial charge in [-0.2, -0.15) is 15.0 Å². The third-order valence-corrected chi connectivity index (χ3v) is 3.53. The Hall–Kier alpha value is -4.28. The van der Waals surface area contributed by atoms with Gasteiger partial charge in [0.15, 0.2) is 12.4 Å². The number of nitrogen functional groups attached to an aromatic ring is 2. The van der Waals surface area contributed by atoms with Crippen molar-refractivity contribution in [1.29, 1.82) is 0 Å². The van der Waals surface area contributed by atoms with Crippen LogP contribution < -0.4 is 16.8 Å². The number of rotatable bonds is 6. The number of nitrogens with zero attached hydrogens (tertiary/aromatic N) is 4. The third kappa shape index (κ3) is 4.46. The van der Waals surface area contributed by atoms with Crippen molar-refractivity contribution in [2.75, 3.05) is 16.8 Å². The highest BCUT2D eigenvalue weighted by Gasteiger charge is 2.16. The van der Waals surface area contributed by atoms with Crippen molar-refractivity contribution in [3.05, 3.63) is 70.0 Å². The quantitative estimate of drug-likeness (QED) is 0.248. The molecule has 0 aliphatic rings. The average Bonchev–Trinajstić information content (AvgIpc) is 2.66. The van der Waals surface area contributed by atoms with E-state index in [-0.39, 0.29) is 41.3 Å². The van der Waals surface area contributed by atoms with E-state index < -0.39 is 10.9 Å². The van der Waals surface area contributed by atoms with Gasteiger partial charge in [-0.25, -0.2) is 4.79 Å². The molecule has 0 aliphatic heterocycles. The largest absolute Gasteiger partial charge is 0.454 e. The van der Waals surface area contributed by atoms with Crippen LogP contribution in [0.15, 0.2) is 48.5 Å². The molecule has 0 fully saturated rings.